The van der Waals surface area contributed by atoms with Crippen LogP contribution in [0.2, 0.25) is 0 Å². The van der Waals surface area contributed by atoms with Crippen LogP contribution in [0.1, 0.15) is 143 Å². The summed E-state index contributed by atoms with van der Waals surface area (Å²) in [5.41, 5.74) is -1.07. The summed E-state index contributed by atoms with van der Waals surface area (Å²) in [6.07, 6.45) is 19.9. The number of aldehydes is 1. The summed E-state index contributed by atoms with van der Waals surface area (Å²) >= 11 is 0. The highest BCUT2D eigenvalue weighted by Gasteiger charge is 2.28. The molecule has 0 spiro atoms. The first-order valence-electron chi connectivity index (χ1n) is 17.6. The maximum atomic E-state index is 12.5. The molecule has 0 aliphatic carbocycles. The molecular weight excluding hydrogens is 574 g/mol. The van der Waals surface area contributed by atoms with Gasteiger partial charge in [-0.3, -0.25) is 19.2 Å². The number of hydrogen-bond donors (Lipinski definition) is 3. The summed E-state index contributed by atoms with van der Waals surface area (Å²) in [4.78, 5) is 58.7. The fourth-order valence-corrected chi connectivity index (χ4v) is 4.68. The van der Waals surface area contributed by atoms with Gasteiger partial charge in [-0.2, -0.15) is 0 Å². The van der Waals surface area contributed by atoms with Gasteiger partial charge in [-0.15, -0.1) is 0 Å². The maximum absolute atomic E-state index is 12.5. The van der Waals surface area contributed by atoms with E-state index in [0.29, 0.717) is 52.2 Å². The van der Waals surface area contributed by atoms with Crippen LogP contribution in [0.5, 0.6) is 0 Å². The minimum absolute atomic E-state index is 0.0247. The molecule has 0 radical (unpaired) electrons. The summed E-state index contributed by atoms with van der Waals surface area (Å²) < 4.78 is 10.7. The van der Waals surface area contributed by atoms with E-state index in [2.05, 4.69) is 16.0 Å². The van der Waals surface area contributed by atoms with Crippen LogP contribution >= 0.6 is 0 Å². The molecule has 0 saturated carbocycles. The molecule has 3 N–H and O–H groups in total. The van der Waals surface area contributed by atoms with Crippen molar-refractivity contribution in [3.05, 3.63) is 0 Å². The third-order valence-corrected chi connectivity index (χ3v) is 7.69. The number of carbonyl (C=O) groups excluding carboxylic acids is 5. The lowest BCUT2D eigenvalue weighted by Crippen LogP contribution is -2.55. The summed E-state index contributed by atoms with van der Waals surface area (Å²) in [5, 5.41) is 8.39. The van der Waals surface area contributed by atoms with Crippen LogP contribution < -0.4 is 16.0 Å². The van der Waals surface area contributed by atoms with Crippen LogP contribution in [-0.4, -0.2) is 74.8 Å². The number of carbonyl (C=O) groups is 5. The van der Waals surface area contributed by atoms with Gasteiger partial charge in [0.2, 0.25) is 17.7 Å². The van der Waals surface area contributed by atoms with Crippen LogP contribution in [0.25, 0.3) is 0 Å². The number of Topliss-reactive ketones (excluding diaryl/α,β-unsaturated/α-hetero) is 1. The van der Waals surface area contributed by atoms with Gasteiger partial charge in [0.25, 0.3) is 0 Å². The Morgan fingerprint density at radius 3 is 1.69 bits per heavy atom. The average Bonchev–Trinajstić information content (AvgIpc) is 2.99. The molecule has 0 aliphatic rings. The van der Waals surface area contributed by atoms with Crippen molar-refractivity contribution in [2.75, 3.05) is 39.5 Å². The Morgan fingerprint density at radius 2 is 1.13 bits per heavy atom. The van der Waals surface area contributed by atoms with Gasteiger partial charge in [-0.1, -0.05) is 90.9 Å². The van der Waals surface area contributed by atoms with Gasteiger partial charge in [0.05, 0.1) is 19.8 Å². The van der Waals surface area contributed by atoms with Gasteiger partial charge in [-0.05, 0) is 33.1 Å². The predicted octanol–water partition coefficient (Wildman–Crippen LogP) is 5.59. The molecule has 0 atom stereocenters. The van der Waals surface area contributed by atoms with E-state index >= 15 is 0 Å². The molecule has 0 saturated heterocycles. The fraction of sp³-hybridized carbons (Fsp3) is 0.857. The van der Waals surface area contributed by atoms with Crippen LogP contribution in [0.4, 0.5) is 0 Å². The molecule has 0 aromatic rings. The largest absolute Gasteiger partial charge is 0.377 e. The van der Waals surface area contributed by atoms with Crippen molar-refractivity contribution < 1.29 is 33.4 Å². The minimum atomic E-state index is -1.07. The summed E-state index contributed by atoms with van der Waals surface area (Å²) in [5.74, 6) is -0.526. The summed E-state index contributed by atoms with van der Waals surface area (Å²) in [6, 6.07) is 0. The number of unbranched alkanes of at least 4 members (excludes halogenated alkanes) is 14. The van der Waals surface area contributed by atoms with Crippen LogP contribution in [0.15, 0.2) is 0 Å². The van der Waals surface area contributed by atoms with E-state index in [9.17, 15) is 24.0 Å². The first-order valence-corrected chi connectivity index (χ1v) is 17.6. The normalized spacial score (nSPS) is 11.4. The molecule has 0 heterocycles. The molecule has 10 nitrogen and oxygen atoms in total. The fourth-order valence-electron chi connectivity index (χ4n) is 4.68. The molecule has 0 unspecified atom stereocenters. The van der Waals surface area contributed by atoms with Crippen LogP contribution in [-0.2, 0) is 33.4 Å². The van der Waals surface area contributed by atoms with Crippen LogP contribution in [0.3, 0.4) is 0 Å². The van der Waals surface area contributed by atoms with Crippen molar-refractivity contribution in [2.24, 2.45) is 5.92 Å². The van der Waals surface area contributed by atoms with Crippen molar-refractivity contribution in [3.8, 4) is 0 Å². The third kappa shape index (κ3) is 27.7. The van der Waals surface area contributed by atoms with Gasteiger partial charge in [0.1, 0.15) is 18.4 Å². The molecule has 0 bridgehead atoms. The van der Waals surface area contributed by atoms with E-state index in [4.69, 9.17) is 9.47 Å². The Bertz CT molecular complexity index is 802. The first-order chi connectivity index (χ1) is 21.6. The lowest BCUT2D eigenvalue weighted by atomic mass is 10.0. The Labute approximate surface area is 273 Å². The van der Waals surface area contributed by atoms with Gasteiger partial charge in [-0.25, -0.2) is 0 Å². The Balaban J connectivity index is 3.64. The topological polar surface area (TPSA) is 140 Å². The number of rotatable bonds is 32. The summed E-state index contributed by atoms with van der Waals surface area (Å²) in [7, 11) is 0. The Hall–Kier alpha value is -2.33. The highest BCUT2D eigenvalue weighted by molar-refractivity contribution is 5.90. The zero-order chi connectivity index (χ0) is 33.6. The highest BCUT2D eigenvalue weighted by Crippen LogP contribution is 2.13. The second kappa shape index (κ2) is 29.1. The molecule has 262 valence electrons. The quantitative estimate of drug-likeness (QED) is 0.0644. The highest BCUT2D eigenvalue weighted by atomic mass is 16.5. The molecule has 0 rings (SSSR count). The van der Waals surface area contributed by atoms with Crippen molar-refractivity contribution in [1.82, 2.24) is 16.0 Å². The second-order valence-electron chi connectivity index (χ2n) is 12.8. The Morgan fingerprint density at radius 1 is 0.622 bits per heavy atom. The molecule has 0 aliphatic heterocycles. The van der Waals surface area contributed by atoms with Gasteiger partial charge in [0.15, 0.2) is 5.78 Å². The van der Waals surface area contributed by atoms with E-state index in [0.717, 1.165) is 25.5 Å². The van der Waals surface area contributed by atoms with E-state index < -0.39 is 5.54 Å². The predicted molar refractivity (Wildman–Crippen MR) is 179 cm³/mol. The zero-order valence-corrected chi connectivity index (χ0v) is 29.0. The average molecular weight is 640 g/mol. The molecule has 3 amide bonds. The first kappa shape index (κ1) is 42.7. The minimum Gasteiger partial charge on any atom is -0.377 e. The van der Waals surface area contributed by atoms with Gasteiger partial charge >= 0.3 is 0 Å². The van der Waals surface area contributed by atoms with E-state index in [1.54, 1.807) is 13.8 Å². The van der Waals surface area contributed by atoms with E-state index in [1.165, 1.54) is 70.6 Å². The van der Waals surface area contributed by atoms with E-state index in [-0.39, 0.29) is 42.5 Å². The van der Waals surface area contributed by atoms with Crippen LogP contribution in [0, 0.1) is 5.92 Å². The standard InChI is InChI=1S/C35H65N3O7/c1-30(2)31(40)29-45-28-27-44-26-24-37-34(43)35(3,4)38-33(42)22-20-23-36-32(41)21-18-16-14-12-10-8-6-5-7-9-11-13-15-17-19-25-39/h25,30H,5-24,26-29H2,1-4H3,(H,36,41)(H,37,43)(H,38,42). The van der Waals surface area contributed by atoms with Gasteiger partial charge in [0, 0.05) is 38.3 Å². The van der Waals surface area contributed by atoms with Crippen molar-refractivity contribution >= 4 is 29.8 Å². The number of hydrogen-bond acceptors (Lipinski definition) is 7. The molecule has 0 aromatic carbocycles. The molecule has 0 aromatic heterocycles. The molecular formula is C35H65N3O7. The maximum Gasteiger partial charge on any atom is 0.245 e. The van der Waals surface area contributed by atoms with E-state index in [1.807, 2.05) is 13.8 Å². The number of nitrogens with one attached hydrogen (secondary N) is 3. The third-order valence-electron chi connectivity index (χ3n) is 7.69. The molecule has 45 heavy (non-hydrogen) atoms. The monoisotopic (exact) mass is 639 g/mol. The molecule has 0 fully saturated rings. The van der Waals surface area contributed by atoms with Crippen molar-refractivity contribution in [2.45, 2.75) is 149 Å². The number of amides is 3. The van der Waals surface area contributed by atoms with Gasteiger partial charge < -0.3 is 30.2 Å². The molecule has 10 heteroatoms. The number of ketones is 1. The van der Waals surface area contributed by atoms with Crippen molar-refractivity contribution in [1.29, 1.82) is 0 Å². The smallest absolute Gasteiger partial charge is 0.245 e. The summed E-state index contributed by atoms with van der Waals surface area (Å²) in [6.45, 7) is 8.68. The lowest BCUT2D eigenvalue weighted by molar-refractivity contribution is -0.132. The zero-order valence-electron chi connectivity index (χ0n) is 29.0. The number of ether oxygens (including phenoxy) is 2. The lowest BCUT2D eigenvalue weighted by Gasteiger charge is -2.25. The SMILES string of the molecule is CC(C)C(=O)COCCOCCNC(=O)C(C)(C)NC(=O)CCCNC(=O)CCCCCCCCCCCCCCCCC=O. The second-order valence-corrected chi connectivity index (χ2v) is 12.8. The Kier molecular flexibility index (Phi) is 27.6. The van der Waals surface area contributed by atoms with Crippen molar-refractivity contribution in [3.63, 3.8) is 0 Å².